The van der Waals surface area contributed by atoms with Crippen LogP contribution < -0.4 is 11.1 Å². The van der Waals surface area contributed by atoms with Crippen LogP contribution in [-0.2, 0) is 15.1 Å². The average Bonchev–Trinajstić information content (AvgIpc) is 3.35. The van der Waals surface area contributed by atoms with Gasteiger partial charge in [0.1, 0.15) is 17.3 Å². The van der Waals surface area contributed by atoms with Gasteiger partial charge in [0, 0.05) is 45.4 Å². The summed E-state index contributed by atoms with van der Waals surface area (Å²) in [6, 6.07) is 7.20. The van der Waals surface area contributed by atoms with Crippen molar-refractivity contribution in [3.8, 4) is 11.3 Å². The predicted molar refractivity (Wildman–Crippen MR) is 149 cm³/mol. The molecular formula is C30H33F3N6O2. The predicted octanol–water partition coefficient (Wildman–Crippen LogP) is 5.64. The number of aromatic nitrogens is 4. The van der Waals surface area contributed by atoms with E-state index in [1.165, 1.54) is 10.6 Å². The number of imidazole rings is 1. The highest BCUT2D eigenvalue weighted by Crippen LogP contribution is 2.41. The molecule has 1 aliphatic carbocycles. The first-order valence-corrected chi connectivity index (χ1v) is 13.9. The van der Waals surface area contributed by atoms with Crippen LogP contribution in [0.15, 0.2) is 48.9 Å². The number of hydrogen-bond donors (Lipinski definition) is 2. The maximum atomic E-state index is 15.4. The van der Waals surface area contributed by atoms with E-state index in [2.05, 4.69) is 27.3 Å². The fourth-order valence-corrected chi connectivity index (χ4v) is 6.37. The number of nitrogens with two attached hydrogens (primary N) is 1. The van der Waals surface area contributed by atoms with Crippen LogP contribution in [0.2, 0.25) is 0 Å². The smallest absolute Gasteiger partial charge is 0.229 e. The lowest BCUT2D eigenvalue weighted by molar-refractivity contribution is -0.0117. The van der Waals surface area contributed by atoms with Crippen LogP contribution >= 0.6 is 0 Å². The molecule has 3 aromatic heterocycles. The first-order chi connectivity index (χ1) is 19.8. The Morgan fingerprint density at radius 2 is 1.85 bits per heavy atom. The van der Waals surface area contributed by atoms with Gasteiger partial charge in [-0.2, -0.15) is 9.61 Å². The van der Waals surface area contributed by atoms with E-state index in [9.17, 15) is 0 Å². The van der Waals surface area contributed by atoms with Crippen molar-refractivity contribution in [1.29, 1.82) is 0 Å². The van der Waals surface area contributed by atoms with E-state index in [0.717, 1.165) is 36.2 Å². The number of nitrogens with zero attached hydrogens (tertiary/aromatic N) is 4. The number of nitrogens with one attached hydrogen (secondary N) is 1. The molecule has 0 radical (unpaired) electrons. The maximum Gasteiger partial charge on any atom is 0.229 e. The maximum absolute atomic E-state index is 15.4. The molecule has 0 amide bonds. The number of methoxy groups -OCH3 is 1. The van der Waals surface area contributed by atoms with Crippen molar-refractivity contribution >= 4 is 17.2 Å². The van der Waals surface area contributed by atoms with Gasteiger partial charge in [-0.05, 0) is 66.1 Å². The summed E-state index contributed by atoms with van der Waals surface area (Å²) in [5, 5.41) is 7.83. The van der Waals surface area contributed by atoms with Crippen molar-refractivity contribution in [3.05, 3.63) is 71.7 Å². The number of anilines is 2. The average molecular weight is 567 g/mol. The summed E-state index contributed by atoms with van der Waals surface area (Å²) in [4.78, 5) is 8.76. The summed E-state index contributed by atoms with van der Waals surface area (Å²) in [6.45, 7) is 2.55. The monoisotopic (exact) mass is 566 g/mol. The Morgan fingerprint density at radius 1 is 1.10 bits per heavy atom. The molecule has 11 heteroatoms. The summed E-state index contributed by atoms with van der Waals surface area (Å²) in [5.41, 5.74) is 6.75. The molecule has 0 bridgehead atoms. The molecule has 4 aromatic rings. The van der Waals surface area contributed by atoms with E-state index < -0.39 is 17.3 Å². The molecule has 216 valence electrons. The minimum absolute atomic E-state index is 0.00494. The molecule has 3 N–H and O–H groups in total. The van der Waals surface area contributed by atoms with Crippen molar-refractivity contribution in [1.82, 2.24) is 19.6 Å². The number of hydrogen-bond acceptors (Lipinski definition) is 7. The second kappa shape index (κ2) is 11.0. The van der Waals surface area contributed by atoms with E-state index in [1.807, 2.05) is 6.07 Å². The van der Waals surface area contributed by atoms with Gasteiger partial charge < -0.3 is 20.5 Å². The normalized spacial score (nSPS) is 24.4. The van der Waals surface area contributed by atoms with Crippen molar-refractivity contribution in [3.63, 3.8) is 0 Å². The van der Waals surface area contributed by atoms with Crippen LogP contribution in [0.1, 0.15) is 49.7 Å². The molecule has 1 saturated carbocycles. The van der Waals surface area contributed by atoms with Crippen LogP contribution in [0.25, 0.3) is 16.8 Å². The van der Waals surface area contributed by atoms with Crippen LogP contribution in [0.5, 0.6) is 0 Å². The quantitative estimate of drug-likeness (QED) is 0.311. The Hall–Kier alpha value is -3.54. The van der Waals surface area contributed by atoms with Crippen LogP contribution in [0.3, 0.4) is 0 Å². The minimum atomic E-state index is -1.83. The molecule has 0 spiro atoms. The van der Waals surface area contributed by atoms with Gasteiger partial charge in [0.15, 0.2) is 0 Å². The topological polar surface area (TPSA) is 99.6 Å². The van der Waals surface area contributed by atoms with Crippen LogP contribution in [0, 0.1) is 17.6 Å². The van der Waals surface area contributed by atoms with Gasteiger partial charge in [0.25, 0.3) is 0 Å². The highest BCUT2D eigenvalue weighted by atomic mass is 19.1. The van der Waals surface area contributed by atoms with Gasteiger partial charge in [0.05, 0.1) is 41.0 Å². The SMILES string of the molecule is CO[C@@H]1[C@H](N)C[C@H](c2ccncc2Nc2ncc3ccc(-c4c(F)cc(C5(F)CCOCC5)cc4F)nn23)C[C@@H]1C. The summed E-state index contributed by atoms with van der Waals surface area (Å²) < 4.78 is 58.4. The van der Waals surface area contributed by atoms with Crippen molar-refractivity contribution < 1.29 is 22.6 Å². The standard InChI is InChI=1S/C30H33F3N6O2/c1-17-11-18(12-24(34)28(17)40-2)21-5-8-35-16-26(21)37-29-36-15-20-3-4-25(38-39(20)29)27-22(31)13-19(14-23(27)32)30(33)6-9-41-10-7-30/h3-5,8,13-18,24,28H,6-7,9-12,34H2,1-2H3,(H,36,37)/t17-,18+,24+,28-/m0/s1. The van der Waals surface area contributed by atoms with Gasteiger partial charge in [-0.3, -0.25) is 4.98 Å². The first-order valence-electron chi connectivity index (χ1n) is 13.9. The lowest BCUT2D eigenvalue weighted by Gasteiger charge is -2.38. The number of ether oxygens (including phenoxy) is 2. The highest BCUT2D eigenvalue weighted by Gasteiger charge is 2.37. The Bertz CT molecular complexity index is 1520. The molecular weight excluding hydrogens is 533 g/mol. The zero-order valence-electron chi connectivity index (χ0n) is 23.0. The van der Waals surface area contributed by atoms with Crippen LogP contribution in [-0.4, -0.2) is 52.1 Å². The van der Waals surface area contributed by atoms with Gasteiger partial charge in [-0.1, -0.05) is 6.92 Å². The molecule has 1 aromatic carbocycles. The fraction of sp³-hybridized carbons (Fsp3) is 0.433. The summed E-state index contributed by atoms with van der Waals surface area (Å²) >= 11 is 0. The molecule has 1 aliphatic heterocycles. The second-order valence-corrected chi connectivity index (χ2v) is 11.1. The Morgan fingerprint density at radius 3 is 2.56 bits per heavy atom. The number of halogens is 3. The molecule has 1 saturated heterocycles. The third kappa shape index (κ3) is 5.18. The molecule has 2 aliphatic rings. The second-order valence-electron chi connectivity index (χ2n) is 11.1. The van der Waals surface area contributed by atoms with Gasteiger partial charge in [-0.15, -0.1) is 0 Å². The van der Waals surface area contributed by atoms with Gasteiger partial charge >= 0.3 is 0 Å². The zero-order chi connectivity index (χ0) is 28.7. The molecule has 4 atom stereocenters. The number of rotatable bonds is 6. The van der Waals surface area contributed by atoms with E-state index >= 15 is 13.2 Å². The summed E-state index contributed by atoms with van der Waals surface area (Å²) in [7, 11) is 1.70. The van der Waals surface area contributed by atoms with Crippen molar-refractivity contribution in [2.24, 2.45) is 11.7 Å². The van der Waals surface area contributed by atoms with Gasteiger partial charge in [0.2, 0.25) is 5.95 Å². The largest absolute Gasteiger partial charge is 0.381 e. The molecule has 2 fully saturated rings. The lowest BCUT2D eigenvalue weighted by Crippen LogP contribution is -2.45. The molecule has 0 unspecified atom stereocenters. The van der Waals surface area contributed by atoms with Crippen molar-refractivity contribution in [2.45, 2.75) is 56.3 Å². The van der Waals surface area contributed by atoms with Gasteiger partial charge in [-0.25, -0.2) is 18.2 Å². The summed E-state index contributed by atoms with van der Waals surface area (Å²) in [5.74, 6) is -0.932. The summed E-state index contributed by atoms with van der Waals surface area (Å²) in [6.07, 6.45) is 6.85. The molecule has 6 rings (SSSR count). The Balaban J connectivity index is 1.32. The molecule has 4 heterocycles. The number of pyridine rings is 1. The fourth-order valence-electron chi connectivity index (χ4n) is 6.37. The highest BCUT2D eigenvalue weighted by molar-refractivity contribution is 5.66. The van der Waals surface area contributed by atoms with E-state index in [0.29, 0.717) is 11.5 Å². The minimum Gasteiger partial charge on any atom is -0.381 e. The number of alkyl halides is 1. The van der Waals surface area contributed by atoms with E-state index in [1.54, 1.807) is 31.8 Å². The Kier molecular flexibility index (Phi) is 7.43. The van der Waals surface area contributed by atoms with E-state index in [4.69, 9.17) is 15.2 Å². The Labute approximate surface area is 236 Å². The van der Waals surface area contributed by atoms with Crippen molar-refractivity contribution in [2.75, 3.05) is 25.6 Å². The zero-order valence-corrected chi connectivity index (χ0v) is 23.0. The number of benzene rings is 1. The lowest BCUT2D eigenvalue weighted by atomic mass is 9.74. The first kappa shape index (κ1) is 27.6. The molecule has 41 heavy (non-hydrogen) atoms. The van der Waals surface area contributed by atoms with E-state index in [-0.39, 0.29) is 66.9 Å². The third-order valence-electron chi connectivity index (χ3n) is 8.49. The number of fused-ring (bicyclic) bond motifs is 1. The molecule has 8 nitrogen and oxygen atoms in total. The van der Waals surface area contributed by atoms with Crippen LogP contribution in [0.4, 0.5) is 24.8 Å². The third-order valence-corrected chi connectivity index (χ3v) is 8.49.